The summed E-state index contributed by atoms with van der Waals surface area (Å²) in [6, 6.07) is 1.58. The molecule has 1 aliphatic rings. The number of benzene rings is 1. The van der Waals surface area contributed by atoms with Crippen LogP contribution in [0.25, 0.3) is 10.9 Å². The van der Waals surface area contributed by atoms with Crippen molar-refractivity contribution in [1.29, 1.82) is 0 Å². The van der Waals surface area contributed by atoms with Crippen LogP contribution in [0.5, 0.6) is 0 Å². The minimum absolute atomic E-state index is 0.0117. The number of carbonyl (C=O) groups excluding carboxylic acids is 9. The highest BCUT2D eigenvalue weighted by molar-refractivity contribution is 5.95. The molecule has 0 spiro atoms. The smallest absolute Gasteiger partial charge is 0.325 e. The number of aliphatic hydroxyl groups is 2. The van der Waals surface area contributed by atoms with E-state index in [0.717, 1.165) is 43.0 Å². The van der Waals surface area contributed by atoms with Crippen molar-refractivity contribution in [3.8, 4) is 0 Å². The zero-order valence-corrected chi connectivity index (χ0v) is 37.7. The van der Waals surface area contributed by atoms with E-state index in [0.29, 0.717) is 31.2 Å². The molecule has 6 unspecified atom stereocenters. The lowest BCUT2D eigenvalue weighted by Crippen LogP contribution is -2.58. The first-order valence-electron chi connectivity index (χ1n) is 22.5. The topological polar surface area (TPSA) is 317 Å². The van der Waals surface area contributed by atoms with Gasteiger partial charge in [-0.15, -0.1) is 0 Å². The molecule has 11 N–H and O–H groups in total. The third-order valence-corrected chi connectivity index (χ3v) is 10.7. The number of H-pyrrole nitrogens is 1. The summed E-state index contributed by atoms with van der Waals surface area (Å²) in [6.07, 6.45) is 12.3. The third-order valence-electron chi connectivity index (χ3n) is 10.7. The SMILES string of the molecule is CC(O)CCC/C=C/C=C/C(=O)CCCCCCCC(=O)NC(CCC(N)=O)C(=O)NC1C(=O)NCCC(=O)NC(Cc2c[nH]c3ccccc23)C(=O)NC(CO)C(=O)NCC(=O)OC1C. The number of aliphatic hydroxyl groups excluding tert-OH is 2. The molecule has 6 atom stereocenters. The van der Waals surface area contributed by atoms with Crippen LogP contribution in [0.3, 0.4) is 0 Å². The summed E-state index contributed by atoms with van der Waals surface area (Å²) in [5.41, 5.74) is 6.80. The first-order chi connectivity index (χ1) is 31.6. The van der Waals surface area contributed by atoms with Crippen LogP contribution in [0.15, 0.2) is 54.8 Å². The third kappa shape index (κ3) is 20.2. The number of nitrogens with one attached hydrogen (secondary N) is 7. The number of amides is 7. The Hall–Kier alpha value is -6.41. The number of aromatic amines is 1. The molecule has 7 amide bonds. The number of allylic oxidation sites excluding steroid dienone is 4. The molecule has 20 nitrogen and oxygen atoms in total. The highest BCUT2D eigenvalue weighted by Gasteiger charge is 2.34. The van der Waals surface area contributed by atoms with Crippen LogP contribution < -0.4 is 37.6 Å². The molecule has 0 saturated carbocycles. The molecular formula is C46H66N8O12. The first-order valence-corrected chi connectivity index (χ1v) is 22.5. The summed E-state index contributed by atoms with van der Waals surface area (Å²) in [7, 11) is 0. The molecule has 66 heavy (non-hydrogen) atoms. The van der Waals surface area contributed by atoms with Gasteiger partial charge in [0, 0.05) is 55.7 Å². The van der Waals surface area contributed by atoms with Gasteiger partial charge in [-0.05, 0) is 70.1 Å². The lowest BCUT2D eigenvalue weighted by Gasteiger charge is -2.27. The molecular weight excluding hydrogens is 857 g/mol. The molecule has 1 saturated heterocycles. The maximum absolute atomic E-state index is 13.7. The van der Waals surface area contributed by atoms with Crippen LogP contribution in [0.4, 0.5) is 0 Å². The lowest BCUT2D eigenvalue weighted by atomic mass is 10.0. The molecule has 0 bridgehead atoms. The summed E-state index contributed by atoms with van der Waals surface area (Å²) in [5, 5.41) is 34.9. The second-order valence-electron chi connectivity index (χ2n) is 16.3. The maximum Gasteiger partial charge on any atom is 0.325 e. The predicted octanol–water partition coefficient (Wildman–Crippen LogP) is 0.439. The molecule has 362 valence electrons. The minimum Gasteiger partial charge on any atom is -0.459 e. The van der Waals surface area contributed by atoms with Crippen LogP contribution in [-0.4, -0.2) is 124 Å². The number of hydrogen-bond acceptors (Lipinski definition) is 12. The molecule has 1 aliphatic heterocycles. The van der Waals surface area contributed by atoms with Gasteiger partial charge < -0.3 is 57.6 Å². The number of cyclic esters (lactones) is 1. The number of unbranched alkanes of at least 4 members (excludes halogenated alkanes) is 5. The standard InChI is InChI=1S/C46H66N8O12/c1-29(56)15-9-5-3-6-10-16-32(57)17-11-7-4-8-12-20-39(59)51-35(21-22-38(47)58)44(63)54-42-30(2)66-41(61)27-50-43(62)37(28-55)53-45(64)36(52-40(60)23-24-48-46(42)65)25-31-26-49-34-19-14-13-18-33(31)34/h3,6,10,13-14,16,18-19,26,29-30,35-37,42,49,55-56H,4-5,7-9,11-12,15,17,20-25,27-28H2,1-2H3,(H2,47,58)(H,48,65)(H,50,62)(H,51,59)(H,52,60)(H,53,64)(H,54,63)/b6-3+,16-10+. The zero-order valence-electron chi connectivity index (χ0n) is 37.7. The molecule has 2 aromatic rings. The zero-order chi connectivity index (χ0) is 48.4. The van der Waals surface area contributed by atoms with Gasteiger partial charge in [-0.25, -0.2) is 0 Å². The molecule has 0 aliphatic carbocycles. The molecule has 1 aromatic carbocycles. The minimum atomic E-state index is -1.60. The van der Waals surface area contributed by atoms with Crippen molar-refractivity contribution in [3.63, 3.8) is 0 Å². The van der Waals surface area contributed by atoms with Crippen molar-refractivity contribution in [2.45, 2.75) is 140 Å². The average Bonchev–Trinajstić information content (AvgIpc) is 3.68. The number of rotatable bonds is 23. The van der Waals surface area contributed by atoms with Crippen molar-refractivity contribution in [2.75, 3.05) is 19.7 Å². The normalized spacial score (nSPS) is 20.1. The summed E-state index contributed by atoms with van der Waals surface area (Å²) >= 11 is 0. The molecule has 1 fully saturated rings. The van der Waals surface area contributed by atoms with Crippen molar-refractivity contribution < 1.29 is 58.1 Å². The Kier molecular flexibility index (Phi) is 23.9. The van der Waals surface area contributed by atoms with E-state index in [4.69, 9.17) is 10.5 Å². The quantitative estimate of drug-likeness (QED) is 0.0314. The lowest BCUT2D eigenvalue weighted by molar-refractivity contribution is -0.152. The number of ketones is 1. The van der Waals surface area contributed by atoms with Crippen molar-refractivity contribution in [1.82, 2.24) is 36.9 Å². The Morgan fingerprint density at radius 3 is 2.33 bits per heavy atom. The van der Waals surface area contributed by atoms with E-state index in [1.807, 2.05) is 30.4 Å². The molecule has 20 heteroatoms. The first kappa shape index (κ1) is 53.9. The van der Waals surface area contributed by atoms with Crippen LogP contribution in [-0.2, 0) is 54.3 Å². The second kappa shape index (κ2) is 29.2. The number of primary amides is 1. The fourth-order valence-corrected chi connectivity index (χ4v) is 7.01. The van der Waals surface area contributed by atoms with E-state index in [-0.39, 0.29) is 50.5 Å². The van der Waals surface area contributed by atoms with E-state index >= 15 is 0 Å². The van der Waals surface area contributed by atoms with Gasteiger partial charge in [0.25, 0.3) is 0 Å². The van der Waals surface area contributed by atoms with Crippen LogP contribution >= 0.6 is 0 Å². The van der Waals surface area contributed by atoms with E-state index in [1.165, 1.54) is 13.0 Å². The van der Waals surface area contributed by atoms with Gasteiger partial charge in [0.15, 0.2) is 5.78 Å². The Morgan fingerprint density at radius 2 is 1.61 bits per heavy atom. The van der Waals surface area contributed by atoms with Crippen LogP contribution in [0.1, 0.15) is 103 Å². The number of esters is 1. The van der Waals surface area contributed by atoms with E-state index < -0.39 is 90.7 Å². The van der Waals surface area contributed by atoms with Crippen molar-refractivity contribution >= 4 is 64.0 Å². The molecule has 2 heterocycles. The number of para-hydroxylation sites is 1. The molecule has 0 radical (unpaired) electrons. The average molecular weight is 923 g/mol. The number of nitrogens with two attached hydrogens (primary N) is 1. The summed E-state index contributed by atoms with van der Waals surface area (Å²) < 4.78 is 5.38. The van der Waals surface area contributed by atoms with E-state index in [9.17, 15) is 53.4 Å². The molecule has 3 rings (SSSR count). The fourth-order valence-electron chi connectivity index (χ4n) is 7.01. The Morgan fingerprint density at radius 1 is 0.879 bits per heavy atom. The summed E-state index contributed by atoms with van der Waals surface area (Å²) in [4.78, 5) is 120. The van der Waals surface area contributed by atoms with Crippen LogP contribution in [0.2, 0.25) is 0 Å². The highest BCUT2D eigenvalue weighted by Crippen LogP contribution is 2.19. The van der Waals surface area contributed by atoms with Gasteiger partial charge in [-0.2, -0.15) is 0 Å². The summed E-state index contributed by atoms with van der Waals surface area (Å²) in [6.45, 7) is 1.13. The second-order valence-corrected chi connectivity index (χ2v) is 16.3. The highest BCUT2D eigenvalue weighted by atomic mass is 16.5. The predicted molar refractivity (Wildman–Crippen MR) is 243 cm³/mol. The largest absolute Gasteiger partial charge is 0.459 e. The Labute approximate surface area is 384 Å². The van der Waals surface area contributed by atoms with Gasteiger partial charge in [-0.1, -0.05) is 55.7 Å². The van der Waals surface area contributed by atoms with Gasteiger partial charge in [0.1, 0.15) is 36.8 Å². The van der Waals surface area contributed by atoms with Crippen LogP contribution in [0, 0.1) is 0 Å². The fraction of sp³-hybridized carbons (Fsp3) is 0.543. The van der Waals surface area contributed by atoms with Crippen molar-refractivity contribution in [2.24, 2.45) is 5.73 Å². The molecule has 1 aromatic heterocycles. The number of ether oxygens (including phenoxy) is 1. The number of fused-ring (bicyclic) bond motifs is 1. The number of aromatic nitrogens is 1. The van der Waals surface area contributed by atoms with Gasteiger partial charge >= 0.3 is 5.97 Å². The Balaban J connectivity index is 1.61. The Bertz CT molecular complexity index is 2030. The maximum atomic E-state index is 13.7. The van der Waals surface area contributed by atoms with Gasteiger partial charge in [-0.3, -0.25) is 43.2 Å². The van der Waals surface area contributed by atoms with E-state index in [2.05, 4.69) is 36.9 Å². The number of hydrogen-bond donors (Lipinski definition) is 10. The van der Waals surface area contributed by atoms with Gasteiger partial charge in [0.05, 0.1) is 12.7 Å². The van der Waals surface area contributed by atoms with E-state index in [1.54, 1.807) is 25.3 Å². The number of carbonyl (C=O) groups is 9. The van der Waals surface area contributed by atoms with Crippen molar-refractivity contribution in [3.05, 3.63) is 60.3 Å². The monoisotopic (exact) mass is 922 g/mol. The van der Waals surface area contributed by atoms with Gasteiger partial charge in [0.2, 0.25) is 41.4 Å². The summed E-state index contributed by atoms with van der Waals surface area (Å²) in [5.74, 6) is -6.48.